The Balaban J connectivity index is 4.19. The van der Waals surface area contributed by atoms with Gasteiger partial charge in [0.1, 0.15) is 13.2 Å². The van der Waals surface area contributed by atoms with Gasteiger partial charge < -0.3 is 14.2 Å². The van der Waals surface area contributed by atoms with E-state index in [1.165, 1.54) is 225 Å². The van der Waals surface area contributed by atoms with Crippen molar-refractivity contribution in [1.29, 1.82) is 0 Å². The molecular weight excluding hydrogens is 865 g/mol. The molecule has 1 atom stereocenters. The Morgan fingerprint density at radius 1 is 0.286 bits per heavy atom. The number of carbonyl (C=O) groups is 3. The number of hydrogen-bond donors (Lipinski definition) is 0. The second kappa shape index (κ2) is 59.2. The Morgan fingerprint density at radius 3 is 0.800 bits per heavy atom. The Hall–Kier alpha value is -2.37. The number of carbonyl (C=O) groups excluding carboxylic acids is 3. The van der Waals surface area contributed by atoms with Crippen LogP contribution < -0.4 is 0 Å². The van der Waals surface area contributed by atoms with Gasteiger partial charge >= 0.3 is 17.9 Å². The predicted molar refractivity (Wildman–Crippen MR) is 302 cm³/mol. The molecule has 0 saturated heterocycles. The average molecular weight is 984 g/mol. The molecular formula is C64H118O6. The quantitative estimate of drug-likeness (QED) is 0.0261. The maximum Gasteiger partial charge on any atom is 0.306 e. The molecule has 1 unspecified atom stereocenters. The number of esters is 3. The number of unbranched alkanes of at least 4 members (excludes halogenated alkanes) is 40. The molecule has 0 rings (SSSR count). The number of allylic oxidation sites excluding steroid dienone is 6. The third-order valence-electron chi connectivity index (χ3n) is 13.9. The van der Waals surface area contributed by atoms with Gasteiger partial charge in [-0.3, -0.25) is 14.4 Å². The third-order valence-corrected chi connectivity index (χ3v) is 13.9. The summed E-state index contributed by atoms with van der Waals surface area (Å²) >= 11 is 0. The van der Waals surface area contributed by atoms with Crippen LogP contribution in [0.1, 0.15) is 335 Å². The summed E-state index contributed by atoms with van der Waals surface area (Å²) in [5.74, 6) is -0.854. The van der Waals surface area contributed by atoms with Crippen LogP contribution in [-0.4, -0.2) is 37.2 Å². The van der Waals surface area contributed by atoms with E-state index in [9.17, 15) is 14.4 Å². The van der Waals surface area contributed by atoms with Crippen LogP contribution in [0, 0.1) is 0 Å². The highest BCUT2D eigenvalue weighted by molar-refractivity contribution is 5.71. The van der Waals surface area contributed by atoms with E-state index in [0.29, 0.717) is 19.3 Å². The normalized spacial score (nSPS) is 12.2. The lowest BCUT2D eigenvalue weighted by molar-refractivity contribution is -0.167. The van der Waals surface area contributed by atoms with Crippen LogP contribution in [-0.2, 0) is 28.6 Å². The topological polar surface area (TPSA) is 78.9 Å². The van der Waals surface area contributed by atoms with Crippen LogP contribution in [0.3, 0.4) is 0 Å². The summed E-state index contributed by atoms with van der Waals surface area (Å²) in [7, 11) is 0. The van der Waals surface area contributed by atoms with Crippen LogP contribution in [0.4, 0.5) is 0 Å². The average Bonchev–Trinajstić information content (AvgIpc) is 3.36. The van der Waals surface area contributed by atoms with E-state index in [1.807, 2.05) is 0 Å². The summed E-state index contributed by atoms with van der Waals surface area (Å²) in [6.45, 7) is 6.66. The molecule has 0 aromatic rings. The van der Waals surface area contributed by atoms with Crippen molar-refractivity contribution < 1.29 is 28.6 Å². The lowest BCUT2D eigenvalue weighted by Gasteiger charge is -2.18. The summed E-state index contributed by atoms with van der Waals surface area (Å²) in [5, 5.41) is 0. The van der Waals surface area contributed by atoms with Gasteiger partial charge in [0.25, 0.3) is 0 Å². The van der Waals surface area contributed by atoms with Gasteiger partial charge in [0.2, 0.25) is 0 Å². The van der Waals surface area contributed by atoms with E-state index in [-0.39, 0.29) is 31.1 Å². The molecule has 0 amide bonds. The van der Waals surface area contributed by atoms with Crippen LogP contribution in [0.15, 0.2) is 36.5 Å². The van der Waals surface area contributed by atoms with E-state index < -0.39 is 6.10 Å². The van der Waals surface area contributed by atoms with E-state index in [4.69, 9.17) is 14.2 Å². The smallest absolute Gasteiger partial charge is 0.306 e. The number of hydrogen-bond acceptors (Lipinski definition) is 6. The van der Waals surface area contributed by atoms with Crippen molar-refractivity contribution in [3.63, 3.8) is 0 Å². The van der Waals surface area contributed by atoms with Crippen molar-refractivity contribution in [1.82, 2.24) is 0 Å². The predicted octanol–water partition coefficient (Wildman–Crippen LogP) is 20.8. The highest BCUT2D eigenvalue weighted by Crippen LogP contribution is 2.17. The fourth-order valence-electron chi connectivity index (χ4n) is 9.22. The fourth-order valence-corrected chi connectivity index (χ4v) is 9.22. The lowest BCUT2D eigenvalue weighted by Crippen LogP contribution is -2.30. The van der Waals surface area contributed by atoms with Gasteiger partial charge in [-0.1, -0.05) is 295 Å². The number of ether oxygens (including phenoxy) is 3. The van der Waals surface area contributed by atoms with Crippen LogP contribution >= 0.6 is 0 Å². The molecule has 0 aliphatic carbocycles. The molecule has 0 bridgehead atoms. The molecule has 0 spiro atoms. The maximum absolute atomic E-state index is 12.9. The van der Waals surface area contributed by atoms with Crippen molar-refractivity contribution in [2.24, 2.45) is 0 Å². The van der Waals surface area contributed by atoms with Crippen LogP contribution in [0.5, 0.6) is 0 Å². The van der Waals surface area contributed by atoms with E-state index in [0.717, 1.165) is 70.6 Å². The van der Waals surface area contributed by atoms with Crippen molar-refractivity contribution in [3.8, 4) is 0 Å². The Labute approximate surface area is 435 Å². The third kappa shape index (κ3) is 56.5. The summed E-state index contributed by atoms with van der Waals surface area (Å²) in [6.07, 6.45) is 71.5. The number of rotatable bonds is 57. The minimum atomic E-state index is -0.768. The second-order valence-electron chi connectivity index (χ2n) is 21.0. The molecule has 0 aromatic heterocycles. The van der Waals surface area contributed by atoms with Crippen molar-refractivity contribution in [2.75, 3.05) is 13.2 Å². The molecule has 0 N–H and O–H groups in total. The van der Waals surface area contributed by atoms with E-state index in [1.54, 1.807) is 0 Å². The Bertz CT molecular complexity index is 1170. The standard InChI is InChI=1S/C64H118O6/c1-4-7-10-13-16-19-21-23-25-27-29-30-31-32-33-34-35-37-38-40-42-45-48-51-54-57-63(66)69-60-61(59-68-62(65)56-53-50-47-44-18-15-12-9-6-3)70-64(67)58-55-52-49-46-43-41-39-36-28-26-24-22-20-17-14-11-8-5-2/h21,23,27,29,31-32,61H,4-20,22,24-26,28,30,33-60H2,1-3H3/b23-21-,29-27-,32-31-. The first-order chi connectivity index (χ1) is 34.5. The molecule has 0 aliphatic rings. The SMILES string of the molecule is CCCCCCC/C=C\C/C=C\C/C=C\CCCCCCCCCCCCC(=O)OCC(COC(=O)CCCCCCCCCCC)OC(=O)CCCCCCCCCCCCCCCCCCCC. The molecule has 0 heterocycles. The first-order valence-corrected chi connectivity index (χ1v) is 31.0. The van der Waals surface area contributed by atoms with E-state index >= 15 is 0 Å². The zero-order valence-corrected chi connectivity index (χ0v) is 47.1. The molecule has 0 radical (unpaired) electrons. The largest absolute Gasteiger partial charge is 0.462 e. The summed E-state index contributed by atoms with van der Waals surface area (Å²) in [5.41, 5.74) is 0. The summed E-state index contributed by atoms with van der Waals surface area (Å²) in [6, 6.07) is 0. The second-order valence-corrected chi connectivity index (χ2v) is 21.0. The molecule has 0 saturated carbocycles. The van der Waals surface area contributed by atoms with E-state index in [2.05, 4.69) is 57.2 Å². The molecule has 0 aliphatic heterocycles. The van der Waals surface area contributed by atoms with Gasteiger partial charge in [-0.25, -0.2) is 0 Å². The van der Waals surface area contributed by atoms with Crippen molar-refractivity contribution in [2.45, 2.75) is 341 Å². The Kier molecular flexibility index (Phi) is 57.2. The maximum atomic E-state index is 12.9. The van der Waals surface area contributed by atoms with Gasteiger partial charge in [-0.2, -0.15) is 0 Å². The monoisotopic (exact) mass is 983 g/mol. The highest BCUT2D eigenvalue weighted by Gasteiger charge is 2.19. The first kappa shape index (κ1) is 67.6. The van der Waals surface area contributed by atoms with Gasteiger partial charge in [0, 0.05) is 19.3 Å². The van der Waals surface area contributed by atoms with Crippen LogP contribution in [0.2, 0.25) is 0 Å². The molecule has 6 nitrogen and oxygen atoms in total. The first-order valence-electron chi connectivity index (χ1n) is 31.0. The van der Waals surface area contributed by atoms with Crippen molar-refractivity contribution in [3.05, 3.63) is 36.5 Å². The fraction of sp³-hybridized carbons (Fsp3) is 0.859. The van der Waals surface area contributed by atoms with Gasteiger partial charge in [-0.15, -0.1) is 0 Å². The highest BCUT2D eigenvalue weighted by atomic mass is 16.6. The molecule has 0 aromatic carbocycles. The van der Waals surface area contributed by atoms with Gasteiger partial charge in [0.05, 0.1) is 0 Å². The molecule has 410 valence electrons. The van der Waals surface area contributed by atoms with Crippen molar-refractivity contribution >= 4 is 17.9 Å². The minimum absolute atomic E-state index is 0.0684. The summed E-state index contributed by atoms with van der Waals surface area (Å²) < 4.78 is 16.9. The lowest BCUT2D eigenvalue weighted by atomic mass is 10.0. The molecule has 0 fully saturated rings. The molecule has 6 heteroatoms. The summed E-state index contributed by atoms with van der Waals surface area (Å²) in [4.78, 5) is 38.1. The molecule has 70 heavy (non-hydrogen) atoms. The van der Waals surface area contributed by atoms with Gasteiger partial charge in [-0.05, 0) is 57.8 Å². The zero-order chi connectivity index (χ0) is 50.7. The zero-order valence-electron chi connectivity index (χ0n) is 47.1. The van der Waals surface area contributed by atoms with Gasteiger partial charge in [0.15, 0.2) is 6.10 Å². The van der Waals surface area contributed by atoms with Crippen LogP contribution in [0.25, 0.3) is 0 Å². The minimum Gasteiger partial charge on any atom is -0.462 e. The Morgan fingerprint density at radius 2 is 0.514 bits per heavy atom.